The van der Waals surface area contributed by atoms with Gasteiger partial charge in [-0.1, -0.05) is 11.6 Å². The summed E-state index contributed by atoms with van der Waals surface area (Å²) in [4.78, 5) is 12.7. The largest absolute Gasteiger partial charge is 0.506 e. The minimum atomic E-state index is -0.171. The number of phenols is 1. The van der Waals surface area contributed by atoms with E-state index in [1.807, 2.05) is 17.5 Å². The number of benzene rings is 1. The molecule has 0 aliphatic heterocycles. The zero-order valence-corrected chi connectivity index (χ0v) is 11.9. The van der Waals surface area contributed by atoms with Crippen LogP contribution in [0.25, 0.3) is 9.40 Å². The SMILES string of the molecule is O=C(Nc1ccc(O)c(Cl)c1)c1cc2sccc2s1. The summed E-state index contributed by atoms with van der Waals surface area (Å²) in [6.45, 7) is 0. The van der Waals surface area contributed by atoms with Gasteiger partial charge < -0.3 is 10.4 Å². The summed E-state index contributed by atoms with van der Waals surface area (Å²) in [6.07, 6.45) is 0. The number of amides is 1. The van der Waals surface area contributed by atoms with Gasteiger partial charge in [-0.25, -0.2) is 0 Å². The first-order valence-electron chi connectivity index (χ1n) is 5.40. The molecule has 1 amide bonds. The van der Waals surface area contributed by atoms with Crippen LogP contribution in [0.15, 0.2) is 35.7 Å². The number of aromatic hydroxyl groups is 1. The second-order valence-corrected chi connectivity index (χ2v) is 6.32. The third-order valence-corrected chi connectivity index (χ3v) is 4.96. The standard InChI is InChI=1S/C13H8ClNO2S2/c14-8-5-7(1-2-9(8)16)15-13(17)12-6-11-10(19-12)3-4-18-11/h1-6,16H,(H,15,17). The number of carbonyl (C=O) groups excluding carboxylic acids is 1. The van der Waals surface area contributed by atoms with Crippen molar-refractivity contribution in [3.8, 4) is 5.75 Å². The molecule has 0 fully saturated rings. The molecule has 6 heteroatoms. The number of carbonyl (C=O) groups is 1. The number of halogens is 1. The van der Waals surface area contributed by atoms with Crippen LogP contribution in [0.2, 0.25) is 5.02 Å². The Morgan fingerprint density at radius 1 is 1.21 bits per heavy atom. The Hall–Kier alpha value is -1.56. The predicted octanol–water partition coefficient (Wildman–Crippen LogP) is 4.57. The van der Waals surface area contributed by atoms with E-state index >= 15 is 0 Å². The Kier molecular flexibility index (Phi) is 3.18. The maximum absolute atomic E-state index is 12.1. The molecule has 1 aromatic carbocycles. The van der Waals surface area contributed by atoms with Crippen LogP contribution in [0, 0.1) is 0 Å². The van der Waals surface area contributed by atoms with Crippen molar-refractivity contribution in [3.05, 3.63) is 45.6 Å². The molecule has 2 aromatic heterocycles. The summed E-state index contributed by atoms with van der Waals surface area (Å²) >= 11 is 8.86. The van der Waals surface area contributed by atoms with Crippen LogP contribution in [-0.2, 0) is 0 Å². The minimum absolute atomic E-state index is 0.00342. The summed E-state index contributed by atoms with van der Waals surface area (Å²) in [5.41, 5.74) is 0.560. The van der Waals surface area contributed by atoms with Gasteiger partial charge in [-0.15, -0.1) is 22.7 Å². The zero-order chi connectivity index (χ0) is 13.4. The summed E-state index contributed by atoms with van der Waals surface area (Å²) in [6, 6.07) is 8.45. The Morgan fingerprint density at radius 3 is 2.79 bits per heavy atom. The number of hydrogen-bond donors (Lipinski definition) is 2. The molecule has 0 saturated heterocycles. The molecule has 3 nitrogen and oxygen atoms in total. The Labute approximate surface area is 122 Å². The molecule has 3 rings (SSSR count). The van der Waals surface area contributed by atoms with Crippen molar-refractivity contribution in [2.45, 2.75) is 0 Å². The molecule has 0 atom stereocenters. The molecule has 0 saturated carbocycles. The molecule has 3 aromatic rings. The Bertz CT molecular complexity index is 734. The molecule has 96 valence electrons. The fourth-order valence-electron chi connectivity index (χ4n) is 1.66. The maximum atomic E-state index is 12.1. The minimum Gasteiger partial charge on any atom is -0.506 e. The first-order valence-corrected chi connectivity index (χ1v) is 7.48. The third kappa shape index (κ3) is 2.45. The van der Waals surface area contributed by atoms with Gasteiger partial charge in [0.05, 0.1) is 9.90 Å². The smallest absolute Gasteiger partial charge is 0.265 e. The molecule has 0 aliphatic carbocycles. The number of anilines is 1. The van der Waals surface area contributed by atoms with Crippen molar-refractivity contribution in [2.24, 2.45) is 0 Å². The molecule has 0 spiro atoms. The number of thiophene rings is 2. The van der Waals surface area contributed by atoms with E-state index in [4.69, 9.17) is 11.6 Å². The van der Waals surface area contributed by atoms with Gasteiger partial charge in [0.1, 0.15) is 5.75 Å². The highest BCUT2D eigenvalue weighted by atomic mass is 35.5. The third-order valence-electron chi connectivity index (χ3n) is 2.57. The second-order valence-electron chi connectivity index (χ2n) is 3.88. The van der Waals surface area contributed by atoms with Crippen molar-refractivity contribution in [1.29, 1.82) is 0 Å². The van der Waals surface area contributed by atoms with Crippen molar-refractivity contribution in [1.82, 2.24) is 0 Å². The molecule has 19 heavy (non-hydrogen) atoms. The lowest BCUT2D eigenvalue weighted by atomic mass is 10.3. The predicted molar refractivity (Wildman–Crippen MR) is 80.8 cm³/mol. The van der Waals surface area contributed by atoms with Crippen LogP contribution in [0.3, 0.4) is 0 Å². The summed E-state index contributed by atoms with van der Waals surface area (Å²) < 4.78 is 2.22. The van der Waals surface area contributed by atoms with Gasteiger partial charge in [-0.3, -0.25) is 4.79 Å². The van der Waals surface area contributed by atoms with Gasteiger partial charge >= 0.3 is 0 Å². The van der Waals surface area contributed by atoms with Crippen molar-refractivity contribution >= 4 is 55.3 Å². The van der Waals surface area contributed by atoms with Gasteiger partial charge in [-0.2, -0.15) is 0 Å². The van der Waals surface area contributed by atoms with E-state index in [0.29, 0.717) is 10.6 Å². The molecule has 0 unspecified atom stereocenters. The van der Waals surface area contributed by atoms with Crippen LogP contribution in [0.1, 0.15) is 9.67 Å². The summed E-state index contributed by atoms with van der Waals surface area (Å²) in [5, 5.41) is 14.3. The van der Waals surface area contributed by atoms with Crippen molar-refractivity contribution in [3.63, 3.8) is 0 Å². The first-order chi connectivity index (χ1) is 9.13. The lowest BCUT2D eigenvalue weighted by Gasteiger charge is -2.04. The van der Waals surface area contributed by atoms with E-state index in [-0.39, 0.29) is 16.7 Å². The number of hydrogen-bond acceptors (Lipinski definition) is 4. The van der Waals surface area contributed by atoms with Crippen molar-refractivity contribution < 1.29 is 9.90 Å². The summed E-state index contributed by atoms with van der Waals surface area (Å²) in [7, 11) is 0. The topological polar surface area (TPSA) is 49.3 Å². The molecule has 2 N–H and O–H groups in total. The van der Waals surface area contributed by atoms with E-state index in [1.165, 1.54) is 23.5 Å². The van der Waals surface area contributed by atoms with Crippen LogP contribution in [0.4, 0.5) is 5.69 Å². The fourth-order valence-corrected chi connectivity index (χ4v) is 3.84. The molecule has 0 aliphatic rings. The number of phenolic OH excluding ortho intramolecular Hbond substituents is 1. The molecular weight excluding hydrogens is 302 g/mol. The highest BCUT2D eigenvalue weighted by Crippen LogP contribution is 2.31. The van der Waals surface area contributed by atoms with Crippen LogP contribution >= 0.6 is 34.3 Å². The summed E-state index contributed by atoms with van der Waals surface area (Å²) in [5.74, 6) is -0.175. The molecule has 0 radical (unpaired) electrons. The van der Waals surface area contributed by atoms with Gasteiger partial charge in [0, 0.05) is 15.1 Å². The first kappa shape index (κ1) is 12.5. The van der Waals surface area contributed by atoms with Crippen LogP contribution < -0.4 is 5.32 Å². The molecule has 0 bridgehead atoms. The normalized spacial score (nSPS) is 10.8. The van der Waals surface area contributed by atoms with Gasteiger partial charge in [0.15, 0.2) is 0 Å². The number of rotatable bonds is 2. The zero-order valence-electron chi connectivity index (χ0n) is 9.51. The van der Waals surface area contributed by atoms with E-state index < -0.39 is 0 Å². The average molecular weight is 310 g/mol. The van der Waals surface area contributed by atoms with E-state index in [1.54, 1.807) is 17.4 Å². The molecular formula is C13H8ClNO2S2. The average Bonchev–Trinajstić information content (AvgIpc) is 2.94. The highest BCUT2D eigenvalue weighted by Gasteiger charge is 2.11. The van der Waals surface area contributed by atoms with E-state index in [0.717, 1.165) is 9.40 Å². The lowest BCUT2D eigenvalue weighted by molar-refractivity contribution is 0.103. The van der Waals surface area contributed by atoms with E-state index in [2.05, 4.69) is 5.32 Å². The van der Waals surface area contributed by atoms with Gasteiger partial charge in [0.2, 0.25) is 0 Å². The lowest BCUT2D eigenvalue weighted by Crippen LogP contribution is -2.09. The fraction of sp³-hybridized carbons (Fsp3) is 0. The Balaban J connectivity index is 1.84. The maximum Gasteiger partial charge on any atom is 0.265 e. The van der Waals surface area contributed by atoms with Crippen LogP contribution in [0.5, 0.6) is 5.75 Å². The second kappa shape index (κ2) is 4.85. The highest BCUT2D eigenvalue weighted by molar-refractivity contribution is 7.27. The Morgan fingerprint density at radius 2 is 2.05 bits per heavy atom. The van der Waals surface area contributed by atoms with Crippen LogP contribution in [-0.4, -0.2) is 11.0 Å². The number of nitrogens with one attached hydrogen (secondary N) is 1. The van der Waals surface area contributed by atoms with Crippen molar-refractivity contribution in [2.75, 3.05) is 5.32 Å². The van der Waals surface area contributed by atoms with Gasteiger partial charge in [0.25, 0.3) is 5.91 Å². The quantitative estimate of drug-likeness (QED) is 0.681. The molecule has 2 heterocycles. The number of fused-ring (bicyclic) bond motifs is 1. The monoisotopic (exact) mass is 309 g/mol. The van der Waals surface area contributed by atoms with Gasteiger partial charge in [-0.05, 0) is 35.7 Å². The van der Waals surface area contributed by atoms with E-state index in [9.17, 15) is 9.90 Å².